The van der Waals surface area contributed by atoms with Gasteiger partial charge in [-0.2, -0.15) is 0 Å². The summed E-state index contributed by atoms with van der Waals surface area (Å²) in [6, 6.07) is 11.4. The van der Waals surface area contributed by atoms with Crippen molar-refractivity contribution in [3.05, 3.63) is 59.9 Å². The van der Waals surface area contributed by atoms with Crippen molar-refractivity contribution in [1.29, 1.82) is 0 Å². The predicted octanol–water partition coefficient (Wildman–Crippen LogP) is 3.11. The Morgan fingerprint density at radius 1 is 1.25 bits per heavy atom. The van der Waals surface area contributed by atoms with Gasteiger partial charge < -0.3 is 10.4 Å². The van der Waals surface area contributed by atoms with Crippen LogP contribution in [0.3, 0.4) is 0 Å². The molecule has 0 aromatic heterocycles. The van der Waals surface area contributed by atoms with E-state index in [9.17, 15) is 18.8 Å². The lowest BCUT2D eigenvalue weighted by molar-refractivity contribution is -0.127. The van der Waals surface area contributed by atoms with E-state index in [2.05, 4.69) is 10.3 Å². The number of anilines is 1. The molecule has 0 unspecified atom stereocenters. The molecule has 7 nitrogen and oxygen atoms in total. The summed E-state index contributed by atoms with van der Waals surface area (Å²) in [5.74, 6) is -2.15. The van der Waals surface area contributed by atoms with Gasteiger partial charge in [-0.05, 0) is 42.5 Å². The maximum Gasteiger partial charge on any atom is 0.335 e. The lowest BCUT2D eigenvalue weighted by atomic mass is 10.2. The Morgan fingerprint density at radius 3 is 2.64 bits per heavy atom. The fourth-order valence-electron chi connectivity index (χ4n) is 2.53. The first kappa shape index (κ1) is 19.6. The number of carbonyl (C=O) groups excluding carboxylic acids is 2. The number of aliphatic imine (C=N–C) groups is 1. The molecule has 28 heavy (non-hydrogen) atoms. The van der Waals surface area contributed by atoms with Gasteiger partial charge in [0.25, 0.3) is 0 Å². The summed E-state index contributed by atoms with van der Waals surface area (Å²) in [7, 11) is 1.56. The van der Waals surface area contributed by atoms with Crippen molar-refractivity contribution in [3.8, 4) is 0 Å². The number of carboxylic acid groups (broad SMARTS) is 1. The van der Waals surface area contributed by atoms with Crippen LogP contribution in [-0.2, 0) is 9.59 Å². The standard InChI is InChI=1S/C19H16FN3O4S/c1-23-17(25)15(28-19(23)22-13-7-5-12(20)6-8-13)10-16(24)21-14-4-2-3-11(9-14)18(26)27/h2-9,15H,10H2,1H3,(H,21,24)(H,26,27)/t15-/m0/s1. The molecule has 0 saturated carbocycles. The third-order valence-electron chi connectivity index (χ3n) is 3.96. The fraction of sp³-hybridized carbons (Fsp3) is 0.158. The van der Waals surface area contributed by atoms with E-state index in [0.29, 0.717) is 16.5 Å². The highest BCUT2D eigenvalue weighted by Crippen LogP contribution is 2.30. The third-order valence-corrected chi connectivity index (χ3v) is 5.18. The molecule has 3 rings (SSSR count). The van der Waals surface area contributed by atoms with Crippen LogP contribution in [0, 0.1) is 5.82 Å². The normalized spacial score (nSPS) is 17.8. The quantitative estimate of drug-likeness (QED) is 0.802. The van der Waals surface area contributed by atoms with Crippen LogP contribution in [0.2, 0.25) is 0 Å². The van der Waals surface area contributed by atoms with E-state index in [1.807, 2.05) is 0 Å². The van der Waals surface area contributed by atoms with Crippen LogP contribution in [0.15, 0.2) is 53.5 Å². The minimum Gasteiger partial charge on any atom is -0.478 e. The van der Waals surface area contributed by atoms with E-state index >= 15 is 0 Å². The number of nitrogens with zero attached hydrogens (tertiary/aromatic N) is 2. The highest BCUT2D eigenvalue weighted by Gasteiger charge is 2.37. The van der Waals surface area contributed by atoms with E-state index in [-0.39, 0.29) is 23.7 Å². The number of amides is 2. The summed E-state index contributed by atoms with van der Waals surface area (Å²) in [6.07, 6.45) is -0.0897. The molecule has 2 amide bonds. The van der Waals surface area contributed by atoms with Crippen LogP contribution in [0.25, 0.3) is 0 Å². The smallest absolute Gasteiger partial charge is 0.335 e. The summed E-state index contributed by atoms with van der Waals surface area (Å²) in [5.41, 5.74) is 0.894. The van der Waals surface area contributed by atoms with Crippen LogP contribution in [0.5, 0.6) is 0 Å². The number of halogens is 1. The number of thioether (sulfide) groups is 1. The van der Waals surface area contributed by atoms with Crippen LogP contribution < -0.4 is 5.32 Å². The van der Waals surface area contributed by atoms with Crippen molar-refractivity contribution < 1.29 is 23.9 Å². The number of rotatable bonds is 5. The van der Waals surface area contributed by atoms with Gasteiger partial charge >= 0.3 is 5.97 Å². The second-order valence-corrected chi connectivity index (χ2v) is 7.18. The van der Waals surface area contributed by atoms with Crippen LogP contribution in [0.4, 0.5) is 15.8 Å². The Bertz CT molecular complexity index is 962. The van der Waals surface area contributed by atoms with Crippen molar-refractivity contribution in [2.24, 2.45) is 4.99 Å². The van der Waals surface area contributed by atoms with Crippen molar-refractivity contribution >= 4 is 46.1 Å². The molecule has 2 aromatic rings. The monoisotopic (exact) mass is 401 g/mol. The SMILES string of the molecule is CN1C(=O)[C@H](CC(=O)Nc2cccc(C(=O)O)c2)SC1=Nc1ccc(F)cc1. The molecule has 1 saturated heterocycles. The molecule has 0 aliphatic carbocycles. The second kappa shape index (κ2) is 8.22. The molecule has 1 heterocycles. The summed E-state index contributed by atoms with van der Waals surface area (Å²) >= 11 is 1.15. The summed E-state index contributed by atoms with van der Waals surface area (Å²) < 4.78 is 13.0. The van der Waals surface area contributed by atoms with Crippen molar-refractivity contribution in [2.75, 3.05) is 12.4 Å². The lowest BCUT2D eigenvalue weighted by Crippen LogP contribution is -2.30. The van der Waals surface area contributed by atoms with Gasteiger partial charge in [0.1, 0.15) is 11.1 Å². The minimum atomic E-state index is -1.10. The van der Waals surface area contributed by atoms with Gasteiger partial charge in [-0.25, -0.2) is 14.2 Å². The largest absolute Gasteiger partial charge is 0.478 e. The van der Waals surface area contributed by atoms with E-state index < -0.39 is 17.1 Å². The maximum absolute atomic E-state index is 13.0. The summed E-state index contributed by atoms with van der Waals surface area (Å²) in [6.45, 7) is 0. The summed E-state index contributed by atoms with van der Waals surface area (Å²) in [5, 5.41) is 11.4. The van der Waals surface area contributed by atoms with Crippen LogP contribution in [0.1, 0.15) is 16.8 Å². The molecular weight excluding hydrogens is 385 g/mol. The van der Waals surface area contributed by atoms with Gasteiger partial charge in [-0.3, -0.25) is 14.5 Å². The zero-order valence-electron chi connectivity index (χ0n) is 14.8. The predicted molar refractivity (Wildman–Crippen MR) is 104 cm³/mol. The van der Waals surface area contributed by atoms with Crippen molar-refractivity contribution in [2.45, 2.75) is 11.7 Å². The number of hydrogen-bond acceptors (Lipinski definition) is 5. The van der Waals surface area contributed by atoms with Gasteiger partial charge in [-0.15, -0.1) is 0 Å². The van der Waals surface area contributed by atoms with Gasteiger partial charge in [0.2, 0.25) is 11.8 Å². The Hall–Kier alpha value is -3.20. The average Bonchev–Trinajstić information content (AvgIpc) is 2.91. The molecule has 2 N–H and O–H groups in total. The Labute approximate surface area is 164 Å². The molecule has 2 aromatic carbocycles. The zero-order valence-corrected chi connectivity index (χ0v) is 15.6. The molecule has 144 valence electrons. The van der Waals surface area contributed by atoms with Gasteiger partial charge in [-0.1, -0.05) is 17.8 Å². The van der Waals surface area contributed by atoms with E-state index in [0.717, 1.165) is 11.8 Å². The van der Waals surface area contributed by atoms with Gasteiger partial charge in [0.05, 0.1) is 11.3 Å². The molecule has 1 fully saturated rings. The number of carboxylic acids is 1. The Kier molecular flexibility index (Phi) is 5.74. The molecule has 1 aliphatic heterocycles. The average molecular weight is 401 g/mol. The second-order valence-electron chi connectivity index (χ2n) is 6.01. The highest BCUT2D eigenvalue weighted by molar-refractivity contribution is 8.15. The van der Waals surface area contributed by atoms with Crippen LogP contribution in [-0.4, -0.2) is 45.3 Å². The topological polar surface area (TPSA) is 99.1 Å². The minimum absolute atomic E-state index is 0.0533. The zero-order chi connectivity index (χ0) is 20.3. The molecule has 0 bridgehead atoms. The highest BCUT2D eigenvalue weighted by atomic mass is 32.2. The van der Waals surface area contributed by atoms with E-state index in [4.69, 9.17) is 5.11 Å². The number of hydrogen-bond donors (Lipinski definition) is 2. The van der Waals surface area contributed by atoms with E-state index in [1.54, 1.807) is 13.1 Å². The first-order chi connectivity index (χ1) is 13.3. The molecule has 9 heteroatoms. The number of amidine groups is 1. The third kappa shape index (κ3) is 4.55. The van der Waals surface area contributed by atoms with E-state index in [1.165, 1.54) is 47.4 Å². The fourth-order valence-corrected chi connectivity index (χ4v) is 3.69. The molecule has 0 spiro atoms. The maximum atomic E-state index is 13.0. The molecule has 1 atom stereocenters. The van der Waals surface area contributed by atoms with Crippen molar-refractivity contribution in [1.82, 2.24) is 4.90 Å². The number of aromatic carboxylic acids is 1. The number of nitrogens with one attached hydrogen (secondary N) is 1. The summed E-state index contributed by atoms with van der Waals surface area (Å²) in [4.78, 5) is 41.4. The lowest BCUT2D eigenvalue weighted by Gasteiger charge is -2.09. The van der Waals surface area contributed by atoms with Crippen LogP contribution >= 0.6 is 11.8 Å². The Morgan fingerprint density at radius 2 is 1.96 bits per heavy atom. The Balaban J connectivity index is 1.66. The number of carbonyl (C=O) groups is 3. The molecule has 0 radical (unpaired) electrons. The number of benzene rings is 2. The first-order valence-corrected chi connectivity index (χ1v) is 9.13. The van der Waals surface area contributed by atoms with Gasteiger partial charge in [0, 0.05) is 19.2 Å². The first-order valence-electron chi connectivity index (χ1n) is 8.25. The molecular formula is C19H16FN3O4S. The van der Waals surface area contributed by atoms with Gasteiger partial charge in [0.15, 0.2) is 5.17 Å². The molecule has 1 aliphatic rings. The van der Waals surface area contributed by atoms with Crippen molar-refractivity contribution in [3.63, 3.8) is 0 Å².